The lowest BCUT2D eigenvalue weighted by Gasteiger charge is -2.29. The van der Waals surface area contributed by atoms with E-state index in [0.29, 0.717) is 32.2 Å². The minimum atomic E-state index is -0.552. The van der Waals surface area contributed by atoms with Crippen LogP contribution in [-0.2, 0) is 9.53 Å². The van der Waals surface area contributed by atoms with Crippen molar-refractivity contribution in [1.29, 1.82) is 0 Å². The Morgan fingerprint density at radius 1 is 1.28 bits per heavy atom. The molecule has 1 aromatic heterocycles. The molecule has 1 saturated heterocycles. The van der Waals surface area contributed by atoms with Crippen molar-refractivity contribution in [1.82, 2.24) is 15.2 Å². The zero-order chi connectivity index (χ0) is 17.5. The van der Waals surface area contributed by atoms with E-state index in [-0.39, 0.29) is 11.8 Å². The predicted molar refractivity (Wildman–Crippen MR) is 95.2 cm³/mol. The molecule has 2 atom stereocenters. The molecule has 2 heterocycles. The van der Waals surface area contributed by atoms with E-state index >= 15 is 0 Å². The maximum absolute atomic E-state index is 12.9. The van der Waals surface area contributed by atoms with Crippen LogP contribution in [0.5, 0.6) is 0 Å². The molecule has 1 aliphatic carbocycles. The number of aliphatic hydroxyl groups excluding tert-OH is 1. The number of amides is 1. The van der Waals surface area contributed by atoms with E-state index in [1.165, 1.54) is 12.8 Å². The molecular weight excluding hydrogens is 318 g/mol. The normalized spacial score (nSPS) is 21.8. The number of carbonyl (C=O) groups excluding carboxylic acids is 1. The van der Waals surface area contributed by atoms with Gasteiger partial charge in [-0.2, -0.15) is 0 Å². The predicted octanol–water partition coefficient (Wildman–Crippen LogP) is 1.16. The van der Waals surface area contributed by atoms with E-state index < -0.39 is 6.10 Å². The van der Waals surface area contributed by atoms with Crippen LogP contribution in [0.15, 0.2) is 24.5 Å². The Kier molecular flexibility index (Phi) is 6.78. The minimum absolute atomic E-state index is 0.0270. The summed E-state index contributed by atoms with van der Waals surface area (Å²) in [6, 6.07) is 3.87. The maximum Gasteiger partial charge on any atom is 0.227 e. The van der Waals surface area contributed by atoms with Crippen LogP contribution in [0.25, 0.3) is 0 Å². The van der Waals surface area contributed by atoms with Gasteiger partial charge in [0.15, 0.2) is 0 Å². The summed E-state index contributed by atoms with van der Waals surface area (Å²) in [6.07, 6.45) is 7.52. The second kappa shape index (κ2) is 9.27. The second-order valence-corrected chi connectivity index (χ2v) is 7.11. The van der Waals surface area contributed by atoms with Crippen molar-refractivity contribution < 1.29 is 14.6 Å². The Morgan fingerprint density at radius 2 is 1.96 bits per heavy atom. The fraction of sp³-hybridized carbons (Fsp3) is 0.684. The first kappa shape index (κ1) is 18.3. The molecule has 2 fully saturated rings. The molecular formula is C19H29N3O3. The van der Waals surface area contributed by atoms with Crippen LogP contribution in [0.1, 0.15) is 37.2 Å². The highest BCUT2D eigenvalue weighted by atomic mass is 16.5. The molecule has 138 valence electrons. The van der Waals surface area contributed by atoms with E-state index in [0.717, 1.165) is 31.5 Å². The first-order valence-electron chi connectivity index (χ1n) is 9.40. The molecule has 6 nitrogen and oxygen atoms in total. The van der Waals surface area contributed by atoms with Gasteiger partial charge in [-0.25, -0.2) is 0 Å². The van der Waals surface area contributed by atoms with Gasteiger partial charge in [0.1, 0.15) is 0 Å². The van der Waals surface area contributed by atoms with Gasteiger partial charge in [-0.15, -0.1) is 0 Å². The Morgan fingerprint density at radius 3 is 2.64 bits per heavy atom. The molecule has 2 N–H and O–H groups in total. The molecule has 1 amide bonds. The molecule has 2 unspecified atom stereocenters. The number of hydrogen-bond donors (Lipinski definition) is 2. The third-order valence-electron chi connectivity index (χ3n) is 5.30. The molecule has 3 rings (SSSR count). The Hall–Kier alpha value is -1.50. The van der Waals surface area contributed by atoms with Gasteiger partial charge in [-0.05, 0) is 36.5 Å². The van der Waals surface area contributed by atoms with Crippen LogP contribution in [0.2, 0.25) is 0 Å². The second-order valence-electron chi connectivity index (χ2n) is 7.11. The summed E-state index contributed by atoms with van der Waals surface area (Å²) in [5.41, 5.74) is 1.03. The number of pyridine rings is 1. The zero-order valence-corrected chi connectivity index (χ0v) is 14.8. The quantitative estimate of drug-likeness (QED) is 0.774. The monoisotopic (exact) mass is 347 g/mol. The third-order valence-corrected chi connectivity index (χ3v) is 5.30. The molecule has 1 saturated carbocycles. The summed E-state index contributed by atoms with van der Waals surface area (Å²) in [6.45, 7) is 3.98. The summed E-state index contributed by atoms with van der Waals surface area (Å²) in [5, 5.41) is 13.2. The van der Waals surface area contributed by atoms with E-state index in [2.05, 4.69) is 15.2 Å². The number of rotatable bonds is 7. The summed E-state index contributed by atoms with van der Waals surface area (Å²) >= 11 is 0. The van der Waals surface area contributed by atoms with Crippen LogP contribution >= 0.6 is 0 Å². The lowest BCUT2D eigenvalue weighted by molar-refractivity contribution is -0.124. The number of aliphatic hydroxyl groups is 1. The van der Waals surface area contributed by atoms with E-state index in [9.17, 15) is 9.90 Å². The Bertz CT molecular complexity index is 528. The van der Waals surface area contributed by atoms with Gasteiger partial charge < -0.3 is 15.2 Å². The molecule has 0 aromatic carbocycles. The number of nitrogens with one attached hydrogen (secondary N) is 1. The van der Waals surface area contributed by atoms with E-state index in [4.69, 9.17) is 4.74 Å². The smallest absolute Gasteiger partial charge is 0.227 e. The molecule has 1 aliphatic heterocycles. The van der Waals surface area contributed by atoms with Crippen LogP contribution in [0.4, 0.5) is 0 Å². The first-order chi connectivity index (χ1) is 12.2. The van der Waals surface area contributed by atoms with Crippen molar-refractivity contribution in [2.45, 2.75) is 37.7 Å². The minimum Gasteiger partial charge on any atom is -0.390 e. The lowest BCUT2D eigenvalue weighted by atomic mass is 9.84. The van der Waals surface area contributed by atoms with Gasteiger partial charge in [0.05, 0.1) is 25.2 Å². The van der Waals surface area contributed by atoms with Crippen LogP contribution in [0.3, 0.4) is 0 Å². The van der Waals surface area contributed by atoms with Crippen molar-refractivity contribution in [2.75, 3.05) is 39.4 Å². The van der Waals surface area contributed by atoms with Gasteiger partial charge in [0.2, 0.25) is 5.91 Å². The van der Waals surface area contributed by atoms with Gasteiger partial charge >= 0.3 is 0 Å². The van der Waals surface area contributed by atoms with Crippen LogP contribution < -0.4 is 5.32 Å². The van der Waals surface area contributed by atoms with Crippen molar-refractivity contribution in [3.8, 4) is 0 Å². The lowest BCUT2D eigenvalue weighted by Crippen LogP contribution is -2.45. The molecule has 1 aromatic rings. The van der Waals surface area contributed by atoms with Gasteiger partial charge in [-0.1, -0.05) is 12.8 Å². The van der Waals surface area contributed by atoms with Crippen LogP contribution in [-0.4, -0.2) is 66.4 Å². The molecule has 25 heavy (non-hydrogen) atoms. The standard InChI is InChI=1S/C19H29N3O3/c23-17(14-22-9-11-25-12-10-22)13-21-19(24)18(15-3-1-2-4-15)16-5-7-20-8-6-16/h5-8,15,17-18,23H,1-4,9-14H2,(H,21,24). The molecule has 0 bridgehead atoms. The highest BCUT2D eigenvalue weighted by Gasteiger charge is 2.32. The number of β-amino-alcohol motifs (C(OH)–C–C–N with tert-alkyl or cyclic N) is 1. The van der Waals surface area contributed by atoms with Crippen molar-refractivity contribution >= 4 is 5.91 Å². The number of nitrogens with zero attached hydrogens (tertiary/aromatic N) is 2. The first-order valence-corrected chi connectivity index (χ1v) is 9.40. The molecule has 0 radical (unpaired) electrons. The van der Waals surface area contributed by atoms with Gasteiger partial charge in [0, 0.05) is 38.6 Å². The molecule has 2 aliphatic rings. The Balaban J connectivity index is 1.54. The highest BCUT2D eigenvalue weighted by Crippen LogP contribution is 2.37. The van der Waals surface area contributed by atoms with Crippen molar-refractivity contribution in [3.63, 3.8) is 0 Å². The summed E-state index contributed by atoms with van der Waals surface area (Å²) in [4.78, 5) is 19.1. The van der Waals surface area contributed by atoms with Gasteiger partial charge in [0.25, 0.3) is 0 Å². The molecule has 0 spiro atoms. The number of carbonyl (C=O) groups is 1. The third kappa shape index (κ3) is 5.23. The fourth-order valence-corrected chi connectivity index (χ4v) is 3.97. The fourth-order valence-electron chi connectivity index (χ4n) is 3.97. The summed E-state index contributed by atoms with van der Waals surface area (Å²) < 4.78 is 5.32. The average molecular weight is 347 g/mol. The number of ether oxygens (including phenoxy) is 1. The number of morpholine rings is 1. The number of aromatic nitrogens is 1. The number of hydrogen-bond acceptors (Lipinski definition) is 5. The highest BCUT2D eigenvalue weighted by molar-refractivity contribution is 5.84. The topological polar surface area (TPSA) is 74.7 Å². The molecule has 6 heteroatoms. The van der Waals surface area contributed by atoms with Crippen molar-refractivity contribution in [3.05, 3.63) is 30.1 Å². The largest absolute Gasteiger partial charge is 0.390 e. The zero-order valence-electron chi connectivity index (χ0n) is 14.8. The van der Waals surface area contributed by atoms with E-state index in [1.54, 1.807) is 12.4 Å². The SMILES string of the molecule is O=C(NCC(O)CN1CCOCC1)C(c1ccncc1)C1CCCC1. The van der Waals surface area contributed by atoms with Crippen LogP contribution in [0, 0.1) is 5.92 Å². The summed E-state index contributed by atoms with van der Waals surface area (Å²) in [5.74, 6) is 0.277. The van der Waals surface area contributed by atoms with Crippen molar-refractivity contribution in [2.24, 2.45) is 5.92 Å². The van der Waals surface area contributed by atoms with Gasteiger partial charge in [-0.3, -0.25) is 14.7 Å². The Labute approximate surface area is 149 Å². The summed E-state index contributed by atoms with van der Waals surface area (Å²) in [7, 11) is 0. The maximum atomic E-state index is 12.9. The average Bonchev–Trinajstić information content (AvgIpc) is 3.16. The van der Waals surface area contributed by atoms with E-state index in [1.807, 2.05) is 12.1 Å².